The molecule has 0 N–H and O–H groups in total. The van der Waals surface area contributed by atoms with Gasteiger partial charge in [0.2, 0.25) is 0 Å². The van der Waals surface area contributed by atoms with E-state index in [2.05, 4.69) is 15.9 Å². The van der Waals surface area contributed by atoms with E-state index in [-0.39, 0.29) is 4.83 Å². The summed E-state index contributed by atoms with van der Waals surface area (Å²) in [6.07, 6.45) is 0. The molecule has 112 valence electrons. The van der Waals surface area contributed by atoms with Crippen LogP contribution in [0.4, 0.5) is 0 Å². The van der Waals surface area contributed by atoms with Crippen molar-refractivity contribution >= 4 is 50.7 Å². The fourth-order valence-corrected chi connectivity index (χ4v) is 3.60. The molecule has 1 atom stereocenters. The lowest BCUT2D eigenvalue weighted by atomic mass is 10.0. The van der Waals surface area contributed by atoms with Gasteiger partial charge in [0.15, 0.2) is 0 Å². The largest absolute Gasteiger partial charge is 0.495 e. The minimum Gasteiger partial charge on any atom is -0.495 e. The smallest absolute Gasteiger partial charge is 0.145 e. The highest BCUT2D eigenvalue weighted by Gasteiger charge is 2.22. The van der Waals surface area contributed by atoms with E-state index < -0.39 is 0 Å². The van der Waals surface area contributed by atoms with Crippen molar-refractivity contribution in [2.75, 3.05) is 14.2 Å². The standard InChI is InChI=1S/C15H12BrCl3O2/c1-20-12-6-4-9(15(21-2)14(12)19)13(16)10-7-8(17)3-5-11(10)18/h3-7,13H,1-2H3. The van der Waals surface area contributed by atoms with E-state index in [0.29, 0.717) is 26.6 Å². The van der Waals surface area contributed by atoms with Crippen molar-refractivity contribution < 1.29 is 9.47 Å². The van der Waals surface area contributed by atoms with Gasteiger partial charge in [0.25, 0.3) is 0 Å². The van der Waals surface area contributed by atoms with Gasteiger partial charge >= 0.3 is 0 Å². The molecule has 0 fully saturated rings. The van der Waals surface area contributed by atoms with E-state index in [1.807, 2.05) is 6.07 Å². The van der Waals surface area contributed by atoms with Crippen LogP contribution in [-0.2, 0) is 0 Å². The van der Waals surface area contributed by atoms with Crippen LogP contribution < -0.4 is 9.47 Å². The van der Waals surface area contributed by atoms with Crippen LogP contribution in [0.3, 0.4) is 0 Å². The fraction of sp³-hybridized carbons (Fsp3) is 0.200. The van der Waals surface area contributed by atoms with Crippen molar-refractivity contribution in [3.8, 4) is 11.5 Å². The second-order valence-electron chi connectivity index (χ2n) is 4.23. The first kappa shape index (κ1) is 16.8. The Morgan fingerprint density at radius 1 is 0.952 bits per heavy atom. The lowest BCUT2D eigenvalue weighted by molar-refractivity contribution is 0.392. The monoisotopic (exact) mass is 408 g/mol. The molecule has 0 aliphatic rings. The molecule has 0 aromatic heterocycles. The number of methoxy groups -OCH3 is 2. The van der Waals surface area contributed by atoms with Gasteiger partial charge in [-0.1, -0.05) is 56.8 Å². The molecule has 0 amide bonds. The third-order valence-electron chi connectivity index (χ3n) is 3.02. The molecule has 2 nitrogen and oxygen atoms in total. The number of benzene rings is 2. The van der Waals surface area contributed by atoms with Crippen LogP contribution in [-0.4, -0.2) is 14.2 Å². The Bertz CT molecular complexity index is 662. The van der Waals surface area contributed by atoms with Crippen molar-refractivity contribution in [2.24, 2.45) is 0 Å². The number of ether oxygens (including phenoxy) is 2. The van der Waals surface area contributed by atoms with E-state index in [0.717, 1.165) is 11.1 Å². The summed E-state index contributed by atoms with van der Waals surface area (Å²) in [5, 5.41) is 1.63. The predicted octanol–water partition coefficient (Wildman–Crippen LogP) is 6.15. The van der Waals surface area contributed by atoms with Crippen LogP contribution in [0.15, 0.2) is 30.3 Å². The Kier molecular flexibility index (Phi) is 5.67. The zero-order valence-electron chi connectivity index (χ0n) is 11.3. The maximum atomic E-state index is 6.29. The quantitative estimate of drug-likeness (QED) is 0.563. The van der Waals surface area contributed by atoms with Gasteiger partial charge < -0.3 is 9.47 Å². The highest BCUT2D eigenvalue weighted by Crippen LogP contribution is 2.45. The molecule has 0 spiro atoms. The Balaban J connectivity index is 2.55. The lowest BCUT2D eigenvalue weighted by Gasteiger charge is -2.18. The first-order valence-electron chi connectivity index (χ1n) is 5.99. The average Bonchev–Trinajstić information content (AvgIpc) is 2.48. The summed E-state index contributed by atoms with van der Waals surface area (Å²) in [5.74, 6) is 1.09. The topological polar surface area (TPSA) is 18.5 Å². The number of rotatable bonds is 4. The Labute approximate surface area is 147 Å². The van der Waals surface area contributed by atoms with Gasteiger partial charge in [0, 0.05) is 15.6 Å². The molecule has 1 unspecified atom stereocenters. The van der Waals surface area contributed by atoms with E-state index in [1.165, 1.54) is 0 Å². The highest BCUT2D eigenvalue weighted by atomic mass is 79.9. The minimum atomic E-state index is -0.206. The van der Waals surface area contributed by atoms with Crippen LogP contribution in [0.1, 0.15) is 16.0 Å². The molecule has 2 aromatic rings. The second kappa shape index (κ2) is 7.10. The number of hydrogen-bond donors (Lipinski definition) is 0. The van der Waals surface area contributed by atoms with Gasteiger partial charge in [-0.15, -0.1) is 0 Å². The number of hydrogen-bond acceptors (Lipinski definition) is 2. The maximum absolute atomic E-state index is 6.29. The van der Waals surface area contributed by atoms with E-state index in [9.17, 15) is 0 Å². The first-order valence-corrected chi connectivity index (χ1v) is 8.04. The molecular weight excluding hydrogens is 398 g/mol. The van der Waals surface area contributed by atoms with E-state index in [1.54, 1.807) is 38.5 Å². The fourth-order valence-electron chi connectivity index (χ4n) is 1.99. The molecule has 0 radical (unpaired) electrons. The Morgan fingerprint density at radius 2 is 1.67 bits per heavy atom. The summed E-state index contributed by atoms with van der Waals surface area (Å²) in [7, 11) is 3.11. The molecule has 21 heavy (non-hydrogen) atoms. The van der Waals surface area contributed by atoms with Crippen molar-refractivity contribution in [3.05, 3.63) is 56.5 Å². The number of halogens is 4. The SMILES string of the molecule is COc1ccc(C(Br)c2cc(Cl)ccc2Cl)c(OC)c1Cl. The summed E-state index contributed by atoms with van der Waals surface area (Å²) in [5.41, 5.74) is 1.68. The van der Waals surface area contributed by atoms with E-state index >= 15 is 0 Å². The molecule has 2 rings (SSSR count). The van der Waals surface area contributed by atoms with Gasteiger partial charge in [-0.25, -0.2) is 0 Å². The Morgan fingerprint density at radius 3 is 2.29 bits per heavy atom. The zero-order valence-corrected chi connectivity index (χ0v) is 15.1. The third-order valence-corrected chi connectivity index (χ3v) is 4.94. The summed E-state index contributed by atoms with van der Waals surface area (Å²) in [6, 6.07) is 8.96. The van der Waals surface area contributed by atoms with Crippen LogP contribution in [0.5, 0.6) is 11.5 Å². The maximum Gasteiger partial charge on any atom is 0.145 e. The van der Waals surface area contributed by atoms with Crippen LogP contribution in [0.2, 0.25) is 15.1 Å². The summed E-state index contributed by atoms with van der Waals surface area (Å²) >= 11 is 22.2. The first-order chi connectivity index (χ1) is 9.99. The van der Waals surface area contributed by atoms with Crippen molar-refractivity contribution in [1.82, 2.24) is 0 Å². The molecule has 0 bridgehead atoms. The highest BCUT2D eigenvalue weighted by molar-refractivity contribution is 9.09. The van der Waals surface area contributed by atoms with Gasteiger partial charge in [0.1, 0.15) is 16.5 Å². The molecule has 0 aliphatic heterocycles. The van der Waals surface area contributed by atoms with Gasteiger partial charge in [-0.3, -0.25) is 0 Å². The molecule has 0 saturated heterocycles. The van der Waals surface area contributed by atoms with Gasteiger partial charge in [-0.05, 0) is 29.8 Å². The van der Waals surface area contributed by atoms with Crippen molar-refractivity contribution in [2.45, 2.75) is 4.83 Å². The molecule has 2 aromatic carbocycles. The average molecular weight is 411 g/mol. The summed E-state index contributed by atoms with van der Waals surface area (Å²) in [6.45, 7) is 0. The third kappa shape index (κ3) is 3.42. The molecule has 6 heteroatoms. The lowest BCUT2D eigenvalue weighted by Crippen LogP contribution is -2.00. The molecule has 0 saturated carbocycles. The number of alkyl halides is 1. The van der Waals surface area contributed by atoms with Crippen LogP contribution >= 0.6 is 50.7 Å². The van der Waals surface area contributed by atoms with Crippen LogP contribution in [0.25, 0.3) is 0 Å². The molecule has 0 aliphatic carbocycles. The second-order valence-corrected chi connectivity index (χ2v) is 6.37. The summed E-state index contributed by atoms with van der Waals surface area (Å²) in [4.78, 5) is -0.206. The van der Waals surface area contributed by atoms with Crippen molar-refractivity contribution in [3.63, 3.8) is 0 Å². The van der Waals surface area contributed by atoms with Gasteiger partial charge in [0.05, 0.1) is 19.0 Å². The zero-order chi connectivity index (χ0) is 15.6. The molecule has 0 heterocycles. The van der Waals surface area contributed by atoms with Crippen molar-refractivity contribution in [1.29, 1.82) is 0 Å². The van der Waals surface area contributed by atoms with E-state index in [4.69, 9.17) is 44.3 Å². The Hall–Kier alpha value is -0.610. The van der Waals surface area contributed by atoms with Crippen LogP contribution in [0, 0.1) is 0 Å². The van der Waals surface area contributed by atoms with Gasteiger partial charge in [-0.2, -0.15) is 0 Å². The summed E-state index contributed by atoms with van der Waals surface area (Å²) < 4.78 is 10.6. The predicted molar refractivity (Wildman–Crippen MR) is 91.8 cm³/mol. The normalized spacial score (nSPS) is 12.1. The minimum absolute atomic E-state index is 0.206. The molecular formula is C15H12BrCl3O2.